The van der Waals surface area contributed by atoms with E-state index in [4.69, 9.17) is 4.74 Å². The molecule has 0 saturated carbocycles. The third kappa shape index (κ3) is 6.23. The van der Waals surface area contributed by atoms with Crippen LogP contribution in [0.25, 0.3) is 11.1 Å². The summed E-state index contributed by atoms with van der Waals surface area (Å²) in [5, 5.41) is 11.4. The molecule has 0 amide bonds. The Bertz CT molecular complexity index is 1330. The number of ether oxygens (including phenoxy) is 1. The summed E-state index contributed by atoms with van der Waals surface area (Å²) in [5.41, 5.74) is 8.83. The molecule has 3 nitrogen and oxygen atoms in total. The molecule has 2 aliphatic rings. The lowest BCUT2D eigenvalue weighted by atomic mass is 9.84. The van der Waals surface area contributed by atoms with Gasteiger partial charge >= 0.3 is 0 Å². The van der Waals surface area contributed by atoms with Crippen molar-refractivity contribution in [3.05, 3.63) is 88.5 Å². The van der Waals surface area contributed by atoms with Gasteiger partial charge in [0.1, 0.15) is 17.6 Å². The van der Waals surface area contributed by atoms with Crippen molar-refractivity contribution in [1.29, 1.82) is 0 Å². The van der Waals surface area contributed by atoms with Crippen LogP contribution in [0.15, 0.2) is 60.7 Å². The van der Waals surface area contributed by atoms with Crippen LogP contribution in [-0.2, 0) is 11.8 Å². The number of likely N-dealkylation sites (tertiary alicyclic amines) is 1. The first-order valence-corrected chi connectivity index (χ1v) is 14.8. The second-order valence-corrected chi connectivity index (χ2v) is 12.5. The Morgan fingerprint density at radius 3 is 2.38 bits per heavy atom. The number of benzene rings is 3. The number of allylic oxidation sites excluding steroid dienone is 1. The quantitative estimate of drug-likeness (QED) is 0.316. The third-order valence-corrected chi connectivity index (χ3v) is 8.79. The zero-order chi connectivity index (χ0) is 27.6. The summed E-state index contributed by atoms with van der Waals surface area (Å²) in [5.74, 6) is 1.20. The summed E-state index contributed by atoms with van der Waals surface area (Å²) in [6.45, 7) is 9.11. The summed E-state index contributed by atoms with van der Waals surface area (Å²) in [6.07, 6.45) is 4.64. The maximum Gasteiger partial charge on any atom is 0.123 e. The molecule has 0 bridgehead atoms. The van der Waals surface area contributed by atoms with Gasteiger partial charge in [0.15, 0.2) is 0 Å². The second kappa shape index (κ2) is 11.8. The molecule has 0 spiro atoms. The molecule has 5 rings (SSSR count). The molecule has 206 valence electrons. The zero-order valence-corrected chi connectivity index (χ0v) is 24.6. The van der Waals surface area contributed by atoms with Crippen molar-refractivity contribution in [1.82, 2.24) is 4.90 Å². The molecule has 1 aliphatic heterocycles. The molecule has 1 fully saturated rings. The summed E-state index contributed by atoms with van der Waals surface area (Å²) in [6, 6.07) is 21.5. The van der Waals surface area contributed by atoms with Crippen LogP contribution in [0.2, 0.25) is 0 Å². The third-order valence-electron chi connectivity index (χ3n) is 8.14. The first kappa shape index (κ1) is 27.9. The predicted molar refractivity (Wildman–Crippen MR) is 164 cm³/mol. The fraction of sp³-hybridized carbons (Fsp3) is 0.412. The number of alkyl halides is 1. The van der Waals surface area contributed by atoms with E-state index < -0.39 is 0 Å². The van der Waals surface area contributed by atoms with E-state index >= 15 is 0 Å². The predicted octanol–water partition coefficient (Wildman–Crippen LogP) is 7.30. The van der Waals surface area contributed by atoms with Crippen LogP contribution in [0.4, 0.5) is 4.39 Å². The second-order valence-electron chi connectivity index (χ2n) is 12.0. The Kier molecular flexibility index (Phi) is 8.45. The van der Waals surface area contributed by atoms with Crippen LogP contribution in [0, 0.1) is 0 Å². The monoisotopic (exact) mass is 545 g/mol. The van der Waals surface area contributed by atoms with Crippen molar-refractivity contribution in [2.75, 3.05) is 26.3 Å². The highest BCUT2D eigenvalue weighted by molar-refractivity contribution is 7.28. The SMILES string of the molecule is CC(C)(C)c1ccc(C2=C(c3ccc(O[C@H]4CCN(CCCF)C4)cc3)c3ccc(O)c(P)c3CCC2)cc1. The molecule has 1 saturated heterocycles. The standard InChI is InChI=1S/C34H41FNO2P/c1-34(2,3)25-12-8-23(9-13-25)28-6-4-7-30-29(16-17-31(37)33(30)39)32(28)24-10-14-26(15-11-24)38-27-18-21-36(22-27)20-5-19-35/h8-17,27,37H,4-7,18-22,39H2,1-3H3/t27-/m0/s1. The van der Waals surface area contributed by atoms with E-state index in [0.29, 0.717) is 12.2 Å². The van der Waals surface area contributed by atoms with Crippen LogP contribution >= 0.6 is 9.24 Å². The van der Waals surface area contributed by atoms with E-state index in [1.165, 1.54) is 33.4 Å². The van der Waals surface area contributed by atoms with E-state index in [2.05, 4.69) is 89.5 Å². The fourth-order valence-corrected chi connectivity index (χ4v) is 6.34. The zero-order valence-electron chi connectivity index (χ0n) is 23.5. The molecule has 2 atom stereocenters. The van der Waals surface area contributed by atoms with Gasteiger partial charge in [0.25, 0.3) is 0 Å². The average Bonchev–Trinajstić information content (AvgIpc) is 3.27. The molecule has 1 heterocycles. The van der Waals surface area contributed by atoms with Gasteiger partial charge in [0.2, 0.25) is 0 Å². The van der Waals surface area contributed by atoms with Gasteiger partial charge in [-0.15, -0.1) is 9.24 Å². The normalized spacial score (nSPS) is 18.2. The average molecular weight is 546 g/mol. The Balaban J connectivity index is 1.50. The number of phenols is 1. The van der Waals surface area contributed by atoms with Crippen LogP contribution in [0.1, 0.15) is 74.3 Å². The molecule has 3 aromatic rings. The van der Waals surface area contributed by atoms with Crippen molar-refractivity contribution in [2.24, 2.45) is 0 Å². The lowest BCUT2D eigenvalue weighted by Crippen LogP contribution is -2.26. The van der Waals surface area contributed by atoms with Gasteiger partial charge < -0.3 is 9.84 Å². The number of phenolic OH excluding ortho intramolecular Hbond substituents is 1. The number of halogens is 1. The number of rotatable bonds is 7. The first-order valence-electron chi connectivity index (χ1n) is 14.2. The van der Waals surface area contributed by atoms with E-state index in [9.17, 15) is 9.50 Å². The number of hydrogen-bond donors (Lipinski definition) is 1. The number of fused-ring (bicyclic) bond motifs is 1. The number of aromatic hydroxyl groups is 1. The van der Waals surface area contributed by atoms with Crippen molar-refractivity contribution in [2.45, 2.75) is 64.4 Å². The lowest BCUT2D eigenvalue weighted by molar-refractivity contribution is 0.198. The maximum atomic E-state index is 12.6. The van der Waals surface area contributed by atoms with Crippen LogP contribution in [-0.4, -0.2) is 42.4 Å². The van der Waals surface area contributed by atoms with E-state index in [-0.39, 0.29) is 18.2 Å². The molecule has 1 unspecified atom stereocenters. The minimum absolute atomic E-state index is 0.108. The van der Waals surface area contributed by atoms with E-state index in [1.807, 2.05) is 6.07 Å². The van der Waals surface area contributed by atoms with Gasteiger partial charge in [-0.05, 0) is 94.7 Å². The highest BCUT2D eigenvalue weighted by Gasteiger charge is 2.25. The number of hydrogen-bond acceptors (Lipinski definition) is 3. The molecular formula is C34H41FNO2P. The fourth-order valence-electron chi connectivity index (χ4n) is 5.95. The highest BCUT2D eigenvalue weighted by Crippen LogP contribution is 2.41. The molecule has 39 heavy (non-hydrogen) atoms. The topological polar surface area (TPSA) is 32.7 Å². The van der Waals surface area contributed by atoms with Gasteiger partial charge in [0.05, 0.1) is 6.67 Å². The summed E-state index contributed by atoms with van der Waals surface area (Å²) in [4.78, 5) is 2.29. The molecule has 1 aliphatic carbocycles. The summed E-state index contributed by atoms with van der Waals surface area (Å²) >= 11 is 0. The van der Waals surface area contributed by atoms with Gasteiger partial charge in [-0.25, -0.2) is 0 Å². The largest absolute Gasteiger partial charge is 0.507 e. The Labute approximate surface area is 235 Å². The van der Waals surface area contributed by atoms with Gasteiger partial charge in [-0.1, -0.05) is 63.2 Å². The van der Waals surface area contributed by atoms with Crippen molar-refractivity contribution in [3.63, 3.8) is 0 Å². The van der Waals surface area contributed by atoms with Gasteiger partial charge in [-0.2, -0.15) is 0 Å². The van der Waals surface area contributed by atoms with Crippen LogP contribution in [0.3, 0.4) is 0 Å². The van der Waals surface area contributed by atoms with Crippen molar-refractivity contribution in [3.8, 4) is 11.5 Å². The van der Waals surface area contributed by atoms with Crippen molar-refractivity contribution < 1.29 is 14.2 Å². The van der Waals surface area contributed by atoms with E-state index in [0.717, 1.165) is 61.9 Å². The Morgan fingerprint density at radius 2 is 1.69 bits per heavy atom. The maximum absolute atomic E-state index is 12.6. The molecule has 3 aromatic carbocycles. The Morgan fingerprint density at radius 1 is 0.974 bits per heavy atom. The Hall–Kier alpha value is -2.68. The molecular weight excluding hydrogens is 504 g/mol. The van der Waals surface area contributed by atoms with Crippen LogP contribution in [0.5, 0.6) is 11.5 Å². The van der Waals surface area contributed by atoms with Crippen molar-refractivity contribution >= 4 is 25.7 Å². The summed E-state index contributed by atoms with van der Waals surface area (Å²) < 4.78 is 18.9. The molecule has 1 N–H and O–H groups in total. The number of nitrogens with zero attached hydrogens (tertiary/aromatic N) is 1. The van der Waals surface area contributed by atoms with Gasteiger partial charge in [0, 0.05) is 24.9 Å². The summed E-state index contributed by atoms with van der Waals surface area (Å²) in [7, 11) is 2.76. The minimum atomic E-state index is -0.261. The first-order chi connectivity index (χ1) is 18.7. The molecule has 0 aromatic heterocycles. The lowest BCUT2D eigenvalue weighted by Gasteiger charge is -2.21. The van der Waals surface area contributed by atoms with Gasteiger partial charge in [-0.3, -0.25) is 9.29 Å². The smallest absolute Gasteiger partial charge is 0.123 e. The van der Waals surface area contributed by atoms with E-state index in [1.54, 1.807) is 0 Å². The molecule has 0 radical (unpaired) electrons. The molecule has 5 heteroatoms. The van der Waals surface area contributed by atoms with Crippen LogP contribution < -0.4 is 10.0 Å². The minimum Gasteiger partial charge on any atom is -0.507 e. The highest BCUT2D eigenvalue weighted by atomic mass is 31.0.